The molecule has 1 saturated carbocycles. The average molecular weight is 286 g/mol. The van der Waals surface area contributed by atoms with E-state index in [1.54, 1.807) is 0 Å². The summed E-state index contributed by atoms with van der Waals surface area (Å²) in [6, 6.07) is 18.9. The standard InChI is InChI=1S/C17H19O2P/c18-17(13-7-8-14-17)20(19,15-9-3-1-4-10-15)16-11-5-2-6-12-16/h1-6,9-12,18H,7-8,13-14H2. The molecule has 3 rings (SSSR count). The highest BCUT2D eigenvalue weighted by molar-refractivity contribution is 7.79. The molecule has 0 aromatic heterocycles. The van der Waals surface area contributed by atoms with Gasteiger partial charge in [0.05, 0.1) is 0 Å². The highest BCUT2D eigenvalue weighted by Gasteiger charge is 2.50. The molecule has 1 aliphatic rings. The SMILES string of the molecule is O=P(c1ccccc1)(c1ccccc1)C1(O)CCCC1. The Kier molecular flexibility index (Phi) is 3.54. The predicted molar refractivity (Wildman–Crippen MR) is 83.2 cm³/mol. The zero-order chi connectivity index (χ0) is 14.1. The van der Waals surface area contributed by atoms with Crippen molar-refractivity contribution < 1.29 is 9.67 Å². The van der Waals surface area contributed by atoms with Crippen molar-refractivity contribution in [2.75, 3.05) is 0 Å². The molecule has 1 N–H and O–H groups in total. The Hall–Kier alpha value is -1.37. The summed E-state index contributed by atoms with van der Waals surface area (Å²) in [5.74, 6) is 0. The van der Waals surface area contributed by atoms with Crippen LogP contribution in [0.4, 0.5) is 0 Å². The van der Waals surface area contributed by atoms with Gasteiger partial charge in [-0.05, 0) is 25.7 Å². The normalized spacial score (nSPS) is 18.1. The molecule has 0 atom stereocenters. The van der Waals surface area contributed by atoms with Gasteiger partial charge in [-0.3, -0.25) is 0 Å². The first-order chi connectivity index (χ1) is 9.67. The molecule has 2 nitrogen and oxygen atoms in total. The first kappa shape index (κ1) is 13.6. The summed E-state index contributed by atoms with van der Waals surface area (Å²) in [7, 11) is -3.03. The second-order valence-corrected chi connectivity index (χ2v) is 8.55. The molecule has 1 aliphatic carbocycles. The number of rotatable bonds is 3. The third-order valence-corrected chi connectivity index (χ3v) is 7.90. The topological polar surface area (TPSA) is 37.3 Å². The van der Waals surface area contributed by atoms with Gasteiger partial charge in [0.2, 0.25) is 0 Å². The third kappa shape index (κ3) is 2.04. The van der Waals surface area contributed by atoms with Gasteiger partial charge in [0.15, 0.2) is 7.14 Å². The Morgan fingerprint density at radius 1 is 0.800 bits per heavy atom. The van der Waals surface area contributed by atoms with Gasteiger partial charge in [-0.2, -0.15) is 0 Å². The van der Waals surface area contributed by atoms with Crippen molar-refractivity contribution in [1.82, 2.24) is 0 Å². The monoisotopic (exact) mass is 286 g/mol. The van der Waals surface area contributed by atoms with E-state index in [4.69, 9.17) is 0 Å². The van der Waals surface area contributed by atoms with Gasteiger partial charge in [-0.1, -0.05) is 60.7 Å². The third-order valence-electron chi connectivity index (χ3n) is 4.23. The van der Waals surface area contributed by atoms with Crippen LogP contribution in [0.5, 0.6) is 0 Å². The van der Waals surface area contributed by atoms with Crippen LogP contribution < -0.4 is 10.6 Å². The Balaban J connectivity index is 2.21. The smallest absolute Gasteiger partial charge is 0.173 e. The van der Waals surface area contributed by atoms with Crippen LogP contribution >= 0.6 is 7.14 Å². The number of benzene rings is 2. The van der Waals surface area contributed by atoms with Crippen LogP contribution in [-0.2, 0) is 4.57 Å². The Morgan fingerprint density at radius 3 is 1.60 bits per heavy atom. The van der Waals surface area contributed by atoms with E-state index in [2.05, 4.69) is 0 Å². The maximum Gasteiger partial charge on any atom is 0.173 e. The van der Waals surface area contributed by atoms with E-state index in [0.29, 0.717) is 12.8 Å². The molecule has 0 radical (unpaired) electrons. The van der Waals surface area contributed by atoms with E-state index in [9.17, 15) is 9.67 Å². The van der Waals surface area contributed by atoms with Crippen molar-refractivity contribution in [1.29, 1.82) is 0 Å². The van der Waals surface area contributed by atoms with E-state index < -0.39 is 12.5 Å². The van der Waals surface area contributed by atoms with Crippen LogP contribution in [0.2, 0.25) is 0 Å². The summed E-state index contributed by atoms with van der Waals surface area (Å²) in [5, 5.41) is 11.5. The van der Waals surface area contributed by atoms with Crippen LogP contribution in [0.15, 0.2) is 60.7 Å². The molecular weight excluding hydrogens is 267 g/mol. The lowest BCUT2D eigenvalue weighted by molar-refractivity contribution is 0.133. The Bertz CT molecular complexity index is 572. The van der Waals surface area contributed by atoms with Gasteiger partial charge in [-0.15, -0.1) is 0 Å². The van der Waals surface area contributed by atoms with Gasteiger partial charge >= 0.3 is 0 Å². The largest absolute Gasteiger partial charge is 0.381 e. The summed E-state index contributed by atoms with van der Waals surface area (Å²) < 4.78 is 13.9. The Morgan fingerprint density at radius 2 is 1.20 bits per heavy atom. The van der Waals surface area contributed by atoms with E-state index in [1.807, 2.05) is 60.7 Å². The van der Waals surface area contributed by atoms with Crippen LogP contribution in [0.25, 0.3) is 0 Å². The van der Waals surface area contributed by atoms with Crippen molar-refractivity contribution in [3.63, 3.8) is 0 Å². The fourth-order valence-corrected chi connectivity index (χ4v) is 6.55. The molecule has 3 heteroatoms. The molecule has 0 amide bonds. The predicted octanol–water partition coefficient (Wildman–Crippen LogP) is 3.26. The van der Waals surface area contributed by atoms with E-state index in [0.717, 1.165) is 23.5 Å². The van der Waals surface area contributed by atoms with Gasteiger partial charge < -0.3 is 9.67 Å². The summed E-state index contributed by atoms with van der Waals surface area (Å²) in [6.45, 7) is 0. The maximum atomic E-state index is 13.9. The second kappa shape index (κ2) is 5.20. The van der Waals surface area contributed by atoms with Crippen molar-refractivity contribution >= 4 is 17.8 Å². The second-order valence-electron chi connectivity index (χ2n) is 5.47. The molecule has 0 spiro atoms. The minimum absolute atomic E-state index is 0.619. The van der Waals surface area contributed by atoms with Crippen molar-refractivity contribution in [3.05, 3.63) is 60.7 Å². The van der Waals surface area contributed by atoms with Crippen LogP contribution in [0, 0.1) is 0 Å². The van der Waals surface area contributed by atoms with E-state index in [1.165, 1.54) is 0 Å². The number of hydrogen-bond donors (Lipinski definition) is 1. The molecular formula is C17H19O2P. The van der Waals surface area contributed by atoms with Crippen LogP contribution in [0.1, 0.15) is 25.7 Å². The van der Waals surface area contributed by atoms with E-state index >= 15 is 0 Å². The fraction of sp³-hybridized carbons (Fsp3) is 0.294. The molecule has 104 valence electrons. The van der Waals surface area contributed by atoms with Crippen LogP contribution in [0.3, 0.4) is 0 Å². The van der Waals surface area contributed by atoms with Gasteiger partial charge in [-0.25, -0.2) is 0 Å². The highest BCUT2D eigenvalue weighted by Crippen LogP contribution is 2.61. The molecule has 0 bridgehead atoms. The zero-order valence-electron chi connectivity index (χ0n) is 11.4. The Labute approximate surface area is 119 Å². The van der Waals surface area contributed by atoms with Crippen molar-refractivity contribution in [2.24, 2.45) is 0 Å². The summed E-state index contributed by atoms with van der Waals surface area (Å²) in [4.78, 5) is 0. The molecule has 0 aliphatic heterocycles. The molecule has 1 fully saturated rings. The zero-order valence-corrected chi connectivity index (χ0v) is 12.3. The van der Waals surface area contributed by atoms with Crippen LogP contribution in [-0.4, -0.2) is 10.4 Å². The molecule has 0 unspecified atom stereocenters. The first-order valence-corrected chi connectivity index (χ1v) is 8.81. The molecule has 2 aromatic carbocycles. The summed E-state index contributed by atoms with van der Waals surface area (Å²) >= 11 is 0. The number of hydrogen-bond acceptors (Lipinski definition) is 2. The van der Waals surface area contributed by atoms with Crippen molar-refractivity contribution in [2.45, 2.75) is 31.0 Å². The fourth-order valence-electron chi connectivity index (χ4n) is 3.16. The minimum atomic E-state index is -3.03. The van der Waals surface area contributed by atoms with Gasteiger partial charge in [0.1, 0.15) is 5.34 Å². The molecule has 2 aromatic rings. The lowest BCUT2D eigenvalue weighted by atomic mass is 10.3. The number of aliphatic hydroxyl groups is 1. The lowest BCUT2D eigenvalue weighted by Gasteiger charge is -2.33. The molecule has 0 saturated heterocycles. The molecule has 20 heavy (non-hydrogen) atoms. The first-order valence-electron chi connectivity index (χ1n) is 7.11. The minimum Gasteiger partial charge on any atom is -0.381 e. The van der Waals surface area contributed by atoms with Gasteiger partial charge in [0.25, 0.3) is 0 Å². The highest BCUT2D eigenvalue weighted by atomic mass is 31.2. The van der Waals surface area contributed by atoms with Crippen molar-refractivity contribution in [3.8, 4) is 0 Å². The molecule has 0 heterocycles. The lowest BCUT2D eigenvalue weighted by Crippen LogP contribution is -2.35. The van der Waals surface area contributed by atoms with E-state index in [-0.39, 0.29) is 0 Å². The summed E-state index contributed by atoms with van der Waals surface area (Å²) in [5.41, 5.74) is 0. The quantitative estimate of drug-likeness (QED) is 0.879. The van der Waals surface area contributed by atoms with Gasteiger partial charge in [0, 0.05) is 10.6 Å². The summed E-state index contributed by atoms with van der Waals surface area (Å²) in [6.07, 6.45) is 3.13. The maximum absolute atomic E-state index is 13.9. The average Bonchev–Trinajstić information content (AvgIpc) is 2.96.